The molecule has 3 aromatic rings. The van der Waals surface area contributed by atoms with Crippen LogP contribution in [0.5, 0.6) is 5.75 Å². The molecule has 0 saturated carbocycles. The first kappa shape index (κ1) is 17.3. The molecule has 0 radical (unpaired) electrons. The van der Waals surface area contributed by atoms with Gasteiger partial charge in [0.05, 0.1) is 18.1 Å². The summed E-state index contributed by atoms with van der Waals surface area (Å²) in [5.41, 5.74) is 3.16. The molecule has 4 nitrogen and oxygen atoms in total. The summed E-state index contributed by atoms with van der Waals surface area (Å²) < 4.78 is 12.3. The number of benzene rings is 1. The number of carbonyl (C=O) groups excluding carboxylic acids is 1. The second-order valence-electron chi connectivity index (χ2n) is 6.21. The number of nitrogens with zero attached hydrogens (tertiary/aromatic N) is 1. The lowest BCUT2D eigenvalue weighted by Crippen LogP contribution is -2.07. The van der Waals surface area contributed by atoms with Crippen LogP contribution in [0.2, 0.25) is 5.02 Å². The van der Waals surface area contributed by atoms with E-state index in [0.717, 1.165) is 45.5 Å². The summed E-state index contributed by atoms with van der Waals surface area (Å²) in [4.78, 5) is 16.2. The zero-order chi connectivity index (χ0) is 18.1. The standard InChI is InChI=1S/C20H18ClNO3S/c1-2-24-19(23)8-12-11-26-18-10-13(9-15(21)20(12)18)25-17-6-5-16-14(17)4-3-7-22-16/h3-4,7,9-11,17H,2,5-6,8H2,1H3/t17-/m0/s1. The van der Waals surface area contributed by atoms with Crippen molar-refractivity contribution < 1.29 is 14.3 Å². The zero-order valence-corrected chi connectivity index (χ0v) is 15.9. The van der Waals surface area contributed by atoms with Gasteiger partial charge in [-0.25, -0.2) is 0 Å². The fourth-order valence-electron chi connectivity index (χ4n) is 3.38. The first-order valence-electron chi connectivity index (χ1n) is 8.61. The Bertz CT molecular complexity index is 969. The fourth-order valence-corrected chi connectivity index (χ4v) is 4.78. The molecule has 1 aromatic carbocycles. The van der Waals surface area contributed by atoms with Crippen LogP contribution < -0.4 is 4.74 Å². The van der Waals surface area contributed by atoms with E-state index in [2.05, 4.69) is 11.1 Å². The lowest BCUT2D eigenvalue weighted by molar-refractivity contribution is -0.142. The number of fused-ring (bicyclic) bond motifs is 2. The van der Waals surface area contributed by atoms with E-state index in [4.69, 9.17) is 21.1 Å². The number of halogens is 1. The van der Waals surface area contributed by atoms with Gasteiger partial charge in [-0.15, -0.1) is 11.3 Å². The first-order valence-corrected chi connectivity index (χ1v) is 9.87. The largest absolute Gasteiger partial charge is 0.486 e. The van der Waals surface area contributed by atoms with E-state index in [-0.39, 0.29) is 18.5 Å². The van der Waals surface area contributed by atoms with Crippen molar-refractivity contribution in [1.82, 2.24) is 4.98 Å². The van der Waals surface area contributed by atoms with Gasteiger partial charge in [-0.1, -0.05) is 17.7 Å². The summed E-state index contributed by atoms with van der Waals surface area (Å²) in [6, 6.07) is 7.84. The van der Waals surface area contributed by atoms with Crippen molar-refractivity contribution in [2.24, 2.45) is 0 Å². The highest BCUT2D eigenvalue weighted by atomic mass is 35.5. The molecule has 1 atom stereocenters. The number of aryl methyl sites for hydroxylation is 1. The van der Waals surface area contributed by atoms with Crippen LogP contribution in [0.15, 0.2) is 35.8 Å². The molecular weight excluding hydrogens is 370 g/mol. The van der Waals surface area contributed by atoms with Gasteiger partial charge < -0.3 is 9.47 Å². The summed E-state index contributed by atoms with van der Waals surface area (Å²) in [5.74, 6) is 0.507. The number of ether oxygens (including phenoxy) is 2. The number of esters is 1. The summed E-state index contributed by atoms with van der Waals surface area (Å²) in [6.45, 7) is 2.18. The maximum absolute atomic E-state index is 11.8. The number of thiophene rings is 1. The molecule has 0 unspecified atom stereocenters. The van der Waals surface area contributed by atoms with Crippen LogP contribution in [0.1, 0.15) is 36.3 Å². The third kappa shape index (κ3) is 3.29. The number of carbonyl (C=O) groups is 1. The molecule has 0 fully saturated rings. The minimum absolute atomic E-state index is 0.00572. The number of hydrogen-bond donors (Lipinski definition) is 0. The van der Waals surface area contributed by atoms with Gasteiger partial charge in [-0.3, -0.25) is 9.78 Å². The Morgan fingerprint density at radius 1 is 1.42 bits per heavy atom. The van der Waals surface area contributed by atoms with E-state index < -0.39 is 0 Å². The van der Waals surface area contributed by atoms with E-state index in [1.54, 1.807) is 18.3 Å². The molecule has 0 N–H and O–H groups in total. The number of pyridine rings is 1. The molecule has 4 rings (SSSR count). The van der Waals surface area contributed by atoms with Gasteiger partial charge in [0, 0.05) is 27.5 Å². The molecule has 0 amide bonds. The highest BCUT2D eigenvalue weighted by molar-refractivity contribution is 7.17. The normalized spacial score (nSPS) is 15.8. The van der Waals surface area contributed by atoms with Crippen LogP contribution in [0.25, 0.3) is 10.1 Å². The number of hydrogen-bond acceptors (Lipinski definition) is 5. The van der Waals surface area contributed by atoms with Gasteiger partial charge in [0.1, 0.15) is 11.9 Å². The van der Waals surface area contributed by atoms with Gasteiger partial charge in [-0.2, -0.15) is 0 Å². The molecule has 6 heteroatoms. The van der Waals surface area contributed by atoms with E-state index in [1.165, 1.54) is 0 Å². The van der Waals surface area contributed by atoms with Crippen LogP contribution in [0.4, 0.5) is 0 Å². The average Bonchev–Trinajstić information content (AvgIpc) is 3.20. The van der Waals surface area contributed by atoms with Crippen molar-refractivity contribution in [1.29, 1.82) is 0 Å². The lowest BCUT2D eigenvalue weighted by Gasteiger charge is -2.15. The maximum atomic E-state index is 11.8. The Hall–Kier alpha value is -2.11. The molecule has 0 spiro atoms. The van der Waals surface area contributed by atoms with Crippen molar-refractivity contribution in [2.75, 3.05) is 6.61 Å². The van der Waals surface area contributed by atoms with Crippen molar-refractivity contribution >= 4 is 39.0 Å². The zero-order valence-electron chi connectivity index (χ0n) is 14.3. The molecule has 2 aromatic heterocycles. The monoisotopic (exact) mass is 387 g/mol. The van der Waals surface area contributed by atoms with Crippen LogP contribution in [0.3, 0.4) is 0 Å². The minimum atomic E-state index is -0.237. The molecule has 0 saturated heterocycles. The predicted molar refractivity (Wildman–Crippen MR) is 103 cm³/mol. The number of rotatable bonds is 5. The highest BCUT2D eigenvalue weighted by Crippen LogP contribution is 2.39. The summed E-state index contributed by atoms with van der Waals surface area (Å²) in [5, 5.41) is 3.47. The molecule has 1 aliphatic rings. The van der Waals surface area contributed by atoms with Gasteiger partial charge in [0.2, 0.25) is 0 Å². The van der Waals surface area contributed by atoms with Crippen molar-refractivity contribution in [2.45, 2.75) is 32.3 Å². The summed E-state index contributed by atoms with van der Waals surface area (Å²) in [6.07, 6.45) is 3.90. The van der Waals surface area contributed by atoms with Gasteiger partial charge in [-0.05, 0) is 48.9 Å². The quantitative estimate of drug-likeness (QED) is 0.570. The highest BCUT2D eigenvalue weighted by Gasteiger charge is 2.25. The Labute approximate surface area is 160 Å². The Morgan fingerprint density at radius 3 is 3.15 bits per heavy atom. The predicted octanol–water partition coefficient (Wildman–Crippen LogP) is 5.12. The van der Waals surface area contributed by atoms with Crippen LogP contribution >= 0.6 is 22.9 Å². The van der Waals surface area contributed by atoms with Gasteiger partial charge in [0.25, 0.3) is 0 Å². The number of aromatic nitrogens is 1. The van der Waals surface area contributed by atoms with E-state index in [0.29, 0.717) is 11.6 Å². The topological polar surface area (TPSA) is 48.4 Å². The summed E-state index contributed by atoms with van der Waals surface area (Å²) in [7, 11) is 0. The Balaban J connectivity index is 1.60. The van der Waals surface area contributed by atoms with E-state index in [9.17, 15) is 4.79 Å². The molecule has 134 valence electrons. The average molecular weight is 388 g/mol. The molecule has 26 heavy (non-hydrogen) atoms. The first-order chi connectivity index (χ1) is 12.7. The lowest BCUT2D eigenvalue weighted by atomic mass is 10.1. The second-order valence-corrected chi connectivity index (χ2v) is 7.52. The minimum Gasteiger partial charge on any atom is -0.486 e. The van der Waals surface area contributed by atoms with Gasteiger partial charge in [0.15, 0.2) is 0 Å². The van der Waals surface area contributed by atoms with Gasteiger partial charge >= 0.3 is 5.97 Å². The Kier molecular flexibility index (Phi) is 4.83. The smallest absolute Gasteiger partial charge is 0.310 e. The third-order valence-corrected chi connectivity index (χ3v) is 5.79. The van der Waals surface area contributed by atoms with Crippen LogP contribution in [-0.4, -0.2) is 17.6 Å². The van der Waals surface area contributed by atoms with Crippen LogP contribution in [-0.2, 0) is 22.4 Å². The molecule has 0 aliphatic heterocycles. The van der Waals surface area contributed by atoms with Crippen molar-refractivity contribution in [3.05, 3.63) is 57.7 Å². The van der Waals surface area contributed by atoms with Crippen molar-refractivity contribution in [3.63, 3.8) is 0 Å². The maximum Gasteiger partial charge on any atom is 0.310 e. The molecule has 2 heterocycles. The SMILES string of the molecule is CCOC(=O)Cc1csc2cc(O[C@H]3CCc4ncccc43)cc(Cl)c12. The fraction of sp³-hybridized carbons (Fsp3) is 0.300. The van der Waals surface area contributed by atoms with E-state index in [1.807, 2.05) is 29.8 Å². The summed E-state index contributed by atoms with van der Waals surface area (Å²) >= 11 is 8.08. The molecular formula is C20H18ClNO3S. The second kappa shape index (κ2) is 7.25. The van der Waals surface area contributed by atoms with Crippen LogP contribution in [0, 0.1) is 0 Å². The van der Waals surface area contributed by atoms with E-state index >= 15 is 0 Å². The van der Waals surface area contributed by atoms with Crippen molar-refractivity contribution in [3.8, 4) is 5.75 Å². The molecule has 1 aliphatic carbocycles. The third-order valence-electron chi connectivity index (χ3n) is 4.51. The molecule has 0 bridgehead atoms. The Morgan fingerprint density at radius 2 is 2.31 bits per heavy atom.